The normalized spacial score (nSPS) is 25.5. The lowest BCUT2D eigenvalue weighted by Crippen LogP contribution is -2.16. The molecule has 0 spiro atoms. The van der Waals surface area contributed by atoms with E-state index in [-0.39, 0.29) is 0 Å². The van der Waals surface area contributed by atoms with Gasteiger partial charge in [0, 0.05) is 6.04 Å². The van der Waals surface area contributed by atoms with Crippen LogP contribution in [0.5, 0.6) is 5.75 Å². The summed E-state index contributed by atoms with van der Waals surface area (Å²) in [6, 6.07) is 7.00. The van der Waals surface area contributed by atoms with Gasteiger partial charge in [-0.1, -0.05) is 19.1 Å². The summed E-state index contributed by atoms with van der Waals surface area (Å²) in [4.78, 5) is 0. The number of hydrogen-bond donors (Lipinski definition) is 1. The molecule has 1 N–H and O–H groups in total. The second-order valence-electron chi connectivity index (χ2n) is 4.43. The smallest absolute Gasteiger partial charge is 0.121 e. The maximum atomic E-state index is 5.27. The molecule has 1 aliphatic heterocycles. The predicted octanol–water partition coefficient (Wildman–Crippen LogP) is 2.67. The van der Waals surface area contributed by atoms with Gasteiger partial charge in [0.05, 0.1) is 7.11 Å². The molecule has 1 saturated heterocycles. The van der Waals surface area contributed by atoms with Gasteiger partial charge in [0.2, 0.25) is 0 Å². The van der Waals surface area contributed by atoms with Crippen molar-refractivity contribution in [3.05, 3.63) is 29.3 Å². The summed E-state index contributed by atoms with van der Waals surface area (Å²) in [6.07, 6.45) is 1.27. The summed E-state index contributed by atoms with van der Waals surface area (Å²) in [5.41, 5.74) is 2.61. The van der Waals surface area contributed by atoms with Gasteiger partial charge < -0.3 is 10.1 Å². The number of rotatable bonds is 2. The van der Waals surface area contributed by atoms with Gasteiger partial charge in [-0.2, -0.15) is 0 Å². The molecule has 1 aromatic rings. The Kier molecular flexibility index (Phi) is 2.96. The molecule has 0 unspecified atom stereocenters. The molecule has 2 nitrogen and oxygen atoms in total. The van der Waals surface area contributed by atoms with Crippen molar-refractivity contribution in [2.45, 2.75) is 26.3 Å². The van der Waals surface area contributed by atoms with Crippen LogP contribution < -0.4 is 10.1 Å². The minimum absolute atomic E-state index is 0.523. The van der Waals surface area contributed by atoms with Gasteiger partial charge >= 0.3 is 0 Å². The average Bonchev–Trinajstić information content (AvgIpc) is 2.64. The van der Waals surface area contributed by atoms with Crippen molar-refractivity contribution in [1.82, 2.24) is 5.32 Å². The zero-order chi connectivity index (χ0) is 10.8. The zero-order valence-corrected chi connectivity index (χ0v) is 9.71. The van der Waals surface area contributed by atoms with E-state index >= 15 is 0 Å². The van der Waals surface area contributed by atoms with Crippen molar-refractivity contribution in [3.8, 4) is 5.75 Å². The van der Waals surface area contributed by atoms with E-state index < -0.39 is 0 Å². The summed E-state index contributed by atoms with van der Waals surface area (Å²) < 4.78 is 5.27. The molecule has 1 fully saturated rings. The predicted molar refractivity (Wildman–Crippen MR) is 62.3 cm³/mol. The highest BCUT2D eigenvalue weighted by molar-refractivity contribution is 5.37. The molecule has 2 atom stereocenters. The molecule has 0 saturated carbocycles. The number of ether oxygens (including phenoxy) is 1. The molecule has 15 heavy (non-hydrogen) atoms. The molecule has 0 radical (unpaired) electrons. The van der Waals surface area contributed by atoms with Crippen molar-refractivity contribution in [2.75, 3.05) is 13.7 Å². The first-order valence-electron chi connectivity index (χ1n) is 5.60. The highest BCUT2D eigenvalue weighted by Gasteiger charge is 2.24. The first kappa shape index (κ1) is 10.5. The number of hydrogen-bond acceptors (Lipinski definition) is 2. The summed E-state index contributed by atoms with van der Waals surface area (Å²) in [6.45, 7) is 5.54. The molecule has 0 aliphatic carbocycles. The van der Waals surface area contributed by atoms with E-state index in [2.05, 4.69) is 37.4 Å². The topological polar surface area (TPSA) is 21.3 Å². The van der Waals surface area contributed by atoms with Gasteiger partial charge in [-0.3, -0.25) is 0 Å². The maximum Gasteiger partial charge on any atom is 0.121 e. The Morgan fingerprint density at radius 1 is 1.40 bits per heavy atom. The Labute approximate surface area is 91.6 Å². The third-order valence-corrected chi connectivity index (χ3v) is 3.31. The van der Waals surface area contributed by atoms with Crippen LogP contribution in [0.3, 0.4) is 0 Å². The van der Waals surface area contributed by atoms with E-state index in [4.69, 9.17) is 4.74 Å². The first-order chi connectivity index (χ1) is 7.22. The standard InChI is InChI=1S/C13H19NO/c1-9-6-7-14-13(9)11-4-5-12(15-3)10(2)8-11/h4-5,8-9,13-14H,6-7H2,1-3H3/t9-,13-/m1/s1. The summed E-state index contributed by atoms with van der Waals surface area (Å²) in [5.74, 6) is 1.71. The quantitative estimate of drug-likeness (QED) is 0.801. The fourth-order valence-corrected chi connectivity index (χ4v) is 2.38. The Hall–Kier alpha value is -1.02. The molecular formula is C13H19NO. The fraction of sp³-hybridized carbons (Fsp3) is 0.538. The van der Waals surface area contributed by atoms with Crippen LogP contribution in [0.15, 0.2) is 18.2 Å². The Balaban J connectivity index is 2.25. The third-order valence-electron chi connectivity index (χ3n) is 3.31. The molecule has 82 valence electrons. The van der Waals surface area contributed by atoms with Gasteiger partial charge in [0.1, 0.15) is 5.75 Å². The van der Waals surface area contributed by atoms with Gasteiger partial charge in [-0.15, -0.1) is 0 Å². The van der Waals surface area contributed by atoms with E-state index in [1.807, 2.05) is 0 Å². The molecule has 0 aromatic heterocycles. The van der Waals surface area contributed by atoms with Gasteiger partial charge in [0.25, 0.3) is 0 Å². The van der Waals surface area contributed by atoms with Crippen LogP contribution >= 0.6 is 0 Å². The molecule has 1 aliphatic rings. The van der Waals surface area contributed by atoms with Gasteiger partial charge in [0.15, 0.2) is 0 Å². The lowest BCUT2D eigenvalue weighted by molar-refractivity contribution is 0.410. The lowest BCUT2D eigenvalue weighted by atomic mass is 9.95. The van der Waals surface area contributed by atoms with Gasteiger partial charge in [-0.25, -0.2) is 0 Å². The average molecular weight is 205 g/mol. The SMILES string of the molecule is COc1ccc([C@@H]2NCC[C@H]2C)cc1C. The molecule has 0 amide bonds. The minimum Gasteiger partial charge on any atom is -0.496 e. The summed E-state index contributed by atoms with van der Waals surface area (Å²) in [5, 5.41) is 3.55. The monoisotopic (exact) mass is 205 g/mol. The van der Waals surface area contributed by atoms with Crippen molar-refractivity contribution in [1.29, 1.82) is 0 Å². The number of methoxy groups -OCH3 is 1. The summed E-state index contributed by atoms with van der Waals surface area (Å²) >= 11 is 0. The van der Waals surface area contributed by atoms with Crippen molar-refractivity contribution in [2.24, 2.45) is 5.92 Å². The molecule has 1 aromatic carbocycles. The second-order valence-corrected chi connectivity index (χ2v) is 4.43. The van der Waals surface area contributed by atoms with Crippen LogP contribution in [0.2, 0.25) is 0 Å². The zero-order valence-electron chi connectivity index (χ0n) is 9.71. The van der Waals surface area contributed by atoms with Crippen LogP contribution in [-0.4, -0.2) is 13.7 Å². The Morgan fingerprint density at radius 2 is 2.20 bits per heavy atom. The molecule has 1 heterocycles. The molecule has 0 bridgehead atoms. The lowest BCUT2D eigenvalue weighted by Gasteiger charge is -2.17. The highest BCUT2D eigenvalue weighted by atomic mass is 16.5. The highest BCUT2D eigenvalue weighted by Crippen LogP contribution is 2.31. The Bertz CT molecular complexity index is 348. The Morgan fingerprint density at radius 3 is 2.73 bits per heavy atom. The van der Waals surface area contributed by atoms with Crippen LogP contribution in [0.25, 0.3) is 0 Å². The van der Waals surface area contributed by atoms with Crippen molar-refractivity contribution >= 4 is 0 Å². The van der Waals surface area contributed by atoms with E-state index in [1.165, 1.54) is 17.5 Å². The molecule has 2 heteroatoms. The van der Waals surface area contributed by atoms with Gasteiger partial charge in [-0.05, 0) is 43.0 Å². The molecule has 2 rings (SSSR count). The number of benzene rings is 1. The van der Waals surface area contributed by atoms with E-state index in [0.29, 0.717) is 6.04 Å². The van der Waals surface area contributed by atoms with Crippen molar-refractivity contribution in [3.63, 3.8) is 0 Å². The van der Waals surface area contributed by atoms with Crippen LogP contribution in [0.1, 0.15) is 30.5 Å². The van der Waals surface area contributed by atoms with Crippen molar-refractivity contribution < 1.29 is 4.74 Å². The van der Waals surface area contributed by atoms with E-state index in [1.54, 1.807) is 7.11 Å². The fourth-order valence-electron chi connectivity index (χ4n) is 2.38. The number of aryl methyl sites for hydroxylation is 1. The maximum absolute atomic E-state index is 5.27. The van der Waals surface area contributed by atoms with Crippen LogP contribution in [0.4, 0.5) is 0 Å². The summed E-state index contributed by atoms with van der Waals surface area (Å²) in [7, 11) is 1.72. The number of nitrogens with one attached hydrogen (secondary N) is 1. The second kappa shape index (κ2) is 4.23. The minimum atomic E-state index is 0.523. The van der Waals surface area contributed by atoms with Crippen LogP contribution in [-0.2, 0) is 0 Å². The van der Waals surface area contributed by atoms with E-state index in [9.17, 15) is 0 Å². The first-order valence-corrected chi connectivity index (χ1v) is 5.60. The van der Waals surface area contributed by atoms with Crippen LogP contribution in [0, 0.1) is 12.8 Å². The molecular weight excluding hydrogens is 186 g/mol. The largest absolute Gasteiger partial charge is 0.496 e. The van der Waals surface area contributed by atoms with E-state index in [0.717, 1.165) is 18.2 Å². The third kappa shape index (κ3) is 2.00.